The molecule has 33 heavy (non-hydrogen) atoms. The van der Waals surface area contributed by atoms with E-state index in [9.17, 15) is 18.0 Å². The molecule has 2 aromatic rings. The number of rotatable bonds is 9. The lowest BCUT2D eigenvalue weighted by Crippen LogP contribution is -2.52. The first-order valence-corrected chi connectivity index (χ1v) is 13.5. The van der Waals surface area contributed by atoms with Crippen molar-refractivity contribution in [3.63, 3.8) is 0 Å². The molecule has 0 aliphatic rings. The van der Waals surface area contributed by atoms with Gasteiger partial charge in [0.05, 0.1) is 22.0 Å². The van der Waals surface area contributed by atoms with Crippen molar-refractivity contribution in [1.29, 1.82) is 0 Å². The van der Waals surface area contributed by atoms with E-state index in [4.69, 9.17) is 23.2 Å². The first-order chi connectivity index (χ1) is 15.3. The van der Waals surface area contributed by atoms with E-state index in [0.29, 0.717) is 0 Å². The van der Waals surface area contributed by atoms with Crippen LogP contribution in [0.3, 0.4) is 0 Å². The van der Waals surface area contributed by atoms with Crippen LogP contribution in [-0.2, 0) is 26.2 Å². The highest BCUT2D eigenvalue weighted by Crippen LogP contribution is 2.33. The zero-order valence-electron chi connectivity index (χ0n) is 18.7. The van der Waals surface area contributed by atoms with Gasteiger partial charge < -0.3 is 10.2 Å². The van der Waals surface area contributed by atoms with E-state index in [2.05, 4.69) is 21.2 Å². The molecule has 0 spiro atoms. The van der Waals surface area contributed by atoms with Crippen molar-refractivity contribution in [3.05, 3.63) is 62.5 Å². The second kappa shape index (κ2) is 11.6. The summed E-state index contributed by atoms with van der Waals surface area (Å²) in [6.07, 6.45) is 0.978. The molecular weight excluding hydrogens is 553 g/mol. The van der Waals surface area contributed by atoms with Crippen LogP contribution >= 0.6 is 39.1 Å². The number of sulfonamides is 1. The number of halogens is 3. The van der Waals surface area contributed by atoms with Crippen LogP contribution in [0.2, 0.25) is 10.0 Å². The molecule has 1 atom stereocenters. The predicted molar refractivity (Wildman–Crippen MR) is 136 cm³/mol. The lowest BCUT2D eigenvalue weighted by molar-refractivity contribution is -0.139. The number of nitrogens with zero attached hydrogens (tertiary/aromatic N) is 2. The van der Waals surface area contributed by atoms with Crippen molar-refractivity contribution >= 4 is 66.7 Å². The Morgan fingerprint density at radius 1 is 1.06 bits per heavy atom. The Kier molecular flexibility index (Phi) is 9.60. The summed E-state index contributed by atoms with van der Waals surface area (Å²) in [4.78, 5) is 27.5. The quantitative estimate of drug-likeness (QED) is 0.476. The Labute approximate surface area is 213 Å². The minimum absolute atomic E-state index is 0.0162. The van der Waals surface area contributed by atoms with E-state index in [0.717, 1.165) is 20.6 Å². The van der Waals surface area contributed by atoms with Gasteiger partial charge in [0.25, 0.3) is 0 Å². The number of carbonyl (C=O) groups is 2. The zero-order valence-corrected chi connectivity index (χ0v) is 22.6. The molecule has 2 amide bonds. The van der Waals surface area contributed by atoms with Crippen LogP contribution in [-0.4, -0.2) is 50.0 Å². The third kappa shape index (κ3) is 7.60. The highest BCUT2D eigenvalue weighted by molar-refractivity contribution is 9.10. The third-order valence-electron chi connectivity index (χ3n) is 4.74. The summed E-state index contributed by atoms with van der Waals surface area (Å²) >= 11 is 15.7. The molecule has 0 unspecified atom stereocenters. The van der Waals surface area contributed by atoms with Gasteiger partial charge in [0.1, 0.15) is 12.6 Å². The molecule has 0 aliphatic carbocycles. The zero-order chi connectivity index (χ0) is 24.9. The fraction of sp³-hybridized carbons (Fsp3) is 0.364. The van der Waals surface area contributed by atoms with E-state index in [1.807, 2.05) is 38.1 Å². The second-order valence-corrected chi connectivity index (χ2v) is 11.4. The van der Waals surface area contributed by atoms with Crippen LogP contribution in [0.25, 0.3) is 0 Å². The number of carbonyl (C=O) groups excluding carboxylic acids is 2. The fourth-order valence-electron chi connectivity index (χ4n) is 3.05. The van der Waals surface area contributed by atoms with Gasteiger partial charge in [-0.1, -0.05) is 57.3 Å². The highest BCUT2D eigenvalue weighted by Gasteiger charge is 2.31. The van der Waals surface area contributed by atoms with Gasteiger partial charge in [0.2, 0.25) is 21.8 Å². The normalized spacial score (nSPS) is 12.4. The number of benzene rings is 2. The topological polar surface area (TPSA) is 86.8 Å². The minimum atomic E-state index is -3.89. The van der Waals surface area contributed by atoms with Gasteiger partial charge in [-0.15, -0.1) is 0 Å². The number of nitrogens with one attached hydrogen (secondary N) is 1. The molecule has 2 rings (SSSR count). The summed E-state index contributed by atoms with van der Waals surface area (Å²) in [5.74, 6) is -0.909. The summed E-state index contributed by atoms with van der Waals surface area (Å²) < 4.78 is 26.9. The molecule has 0 aliphatic heterocycles. The van der Waals surface area contributed by atoms with Crippen molar-refractivity contribution in [2.45, 2.75) is 39.4 Å². The minimum Gasteiger partial charge on any atom is -0.352 e. The first kappa shape index (κ1) is 27.4. The Hall–Kier alpha value is -1.81. The number of hydrogen-bond acceptors (Lipinski definition) is 4. The van der Waals surface area contributed by atoms with Crippen molar-refractivity contribution < 1.29 is 18.0 Å². The molecule has 0 saturated heterocycles. The van der Waals surface area contributed by atoms with Crippen LogP contribution in [0.5, 0.6) is 0 Å². The molecule has 0 heterocycles. The average Bonchev–Trinajstić information content (AvgIpc) is 2.72. The standard InChI is InChI=1S/C22H26BrCl2N3O4S/c1-14(2)26-22(30)15(3)27(12-16-8-10-17(23)11-9-16)20(29)13-28(33(4,31)32)19-7-5-6-18(24)21(19)25/h5-11,14-15H,12-13H2,1-4H3,(H,26,30)/t15-/m1/s1. The molecule has 0 saturated carbocycles. The molecule has 7 nitrogen and oxygen atoms in total. The predicted octanol–water partition coefficient (Wildman–Crippen LogP) is 4.46. The molecule has 1 N–H and O–H groups in total. The van der Waals surface area contributed by atoms with Crippen LogP contribution in [0, 0.1) is 0 Å². The molecule has 0 radical (unpaired) electrons. The van der Waals surface area contributed by atoms with E-state index in [1.165, 1.54) is 17.0 Å². The first-order valence-electron chi connectivity index (χ1n) is 10.1. The van der Waals surface area contributed by atoms with Gasteiger partial charge in [-0.05, 0) is 50.6 Å². The summed E-state index contributed by atoms with van der Waals surface area (Å²) in [6.45, 7) is 4.80. The van der Waals surface area contributed by atoms with Crippen molar-refractivity contribution in [2.24, 2.45) is 0 Å². The summed E-state index contributed by atoms with van der Waals surface area (Å²) in [5.41, 5.74) is 0.866. The molecule has 0 aromatic heterocycles. The van der Waals surface area contributed by atoms with Gasteiger partial charge in [0.15, 0.2) is 0 Å². The Bertz CT molecular complexity index is 1110. The largest absolute Gasteiger partial charge is 0.352 e. The lowest BCUT2D eigenvalue weighted by atomic mass is 10.1. The fourth-order valence-corrected chi connectivity index (χ4v) is 4.62. The van der Waals surface area contributed by atoms with E-state index in [-0.39, 0.29) is 34.2 Å². The smallest absolute Gasteiger partial charge is 0.244 e. The molecule has 2 aromatic carbocycles. The van der Waals surface area contributed by atoms with Crippen LogP contribution < -0.4 is 9.62 Å². The SMILES string of the molecule is CC(C)NC(=O)[C@@H](C)N(Cc1ccc(Br)cc1)C(=O)CN(c1cccc(Cl)c1Cl)S(C)(=O)=O. The van der Waals surface area contributed by atoms with Gasteiger partial charge in [0, 0.05) is 17.1 Å². The number of amides is 2. The van der Waals surface area contributed by atoms with Gasteiger partial charge in [-0.25, -0.2) is 8.42 Å². The summed E-state index contributed by atoms with van der Waals surface area (Å²) in [7, 11) is -3.89. The maximum absolute atomic E-state index is 13.4. The van der Waals surface area contributed by atoms with Crippen molar-refractivity contribution in [2.75, 3.05) is 17.1 Å². The average molecular weight is 579 g/mol. The second-order valence-electron chi connectivity index (χ2n) is 7.83. The molecule has 180 valence electrons. The van der Waals surface area contributed by atoms with E-state index >= 15 is 0 Å². The summed E-state index contributed by atoms with van der Waals surface area (Å²) in [5, 5.41) is 2.97. The van der Waals surface area contributed by atoms with Crippen LogP contribution in [0.4, 0.5) is 5.69 Å². The van der Waals surface area contributed by atoms with Gasteiger partial charge in [-0.3, -0.25) is 13.9 Å². The van der Waals surface area contributed by atoms with Gasteiger partial charge >= 0.3 is 0 Å². The van der Waals surface area contributed by atoms with Crippen molar-refractivity contribution in [3.8, 4) is 0 Å². The molecule has 11 heteroatoms. The van der Waals surface area contributed by atoms with E-state index < -0.39 is 28.5 Å². The highest BCUT2D eigenvalue weighted by atomic mass is 79.9. The number of hydrogen-bond donors (Lipinski definition) is 1. The maximum atomic E-state index is 13.4. The molecule has 0 fully saturated rings. The number of anilines is 1. The van der Waals surface area contributed by atoms with E-state index in [1.54, 1.807) is 13.0 Å². The molecule has 0 bridgehead atoms. The van der Waals surface area contributed by atoms with Crippen LogP contribution in [0.15, 0.2) is 46.9 Å². The Morgan fingerprint density at radius 3 is 2.21 bits per heavy atom. The van der Waals surface area contributed by atoms with Gasteiger partial charge in [-0.2, -0.15) is 0 Å². The Morgan fingerprint density at radius 2 is 1.67 bits per heavy atom. The summed E-state index contributed by atoms with van der Waals surface area (Å²) in [6, 6.07) is 10.9. The van der Waals surface area contributed by atoms with Crippen molar-refractivity contribution in [1.82, 2.24) is 10.2 Å². The maximum Gasteiger partial charge on any atom is 0.244 e. The third-order valence-corrected chi connectivity index (χ3v) is 7.21. The Balaban J connectivity index is 2.43. The van der Waals surface area contributed by atoms with Crippen LogP contribution in [0.1, 0.15) is 26.3 Å². The lowest BCUT2D eigenvalue weighted by Gasteiger charge is -2.32. The molecular formula is C22H26BrCl2N3O4S. The monoisotopic (exact) mass is 577 g/mol.